The molecule has 0 amide bonds. The summed E-state index contributed by atoms with van der Waals surface area (Å²) in [6.07, 6.45) is 0.943. The molecule has 0 saturated heterocycles. The van der Waals surface area contributed by atoms with Gasteiger partial charge in [0.15, 0.2) is 0 Å². The topological polar surface area (TPSA) is 26.3 Å². The quantitative estimate of drug-likeness (QED) is 0.741. The van der Waals surface area contributed by atoms with Gasteiger partial charge in [-0.1, -0.05) is 6.92 Å². The summed E-state index contributed by atoms with van der Waals surface area (Å²) in [5.41, 5.74) is 0. The van der Waals surface area contributed by atoms with Crippen molar-refractivity contribution in [3.05, 3.63) is 24.3 Å². The number of methoxy groups -OCH3 is 1. The minimum atomic E-state index is -0.849. The summed E-state index contributed by atoms with van der Waals surface area (Å²) < 4.78 is 16.5. The van der Waals surface area contributed by atoms with Gasteiger partial charge in [-0.25, -0.2) is 0 Å². The second kappa shape index (κ2) is 5.02. The fourth-order valence-electron chi connectivity index (χ4n) is 1.03. The zero-order valence-corrected chi connectivity index (χ0v) is 8.76. The summed E-state index contributed by atoms with van der Waals surface area (Å²) in [7, 11) is 0.774. The van der Waals surface area contributed by atoms with Crippen LogP contribution in [0.1, 0.15) is 13.3 Å². The van der Waals surface area contributed by atoms with E-state index in [2.05, 4.69) is 0 Å². The van der Waals surface area contributed by atoms with Gasteiger partial charge in [-0.3, -0.25) is 4.21 Å². The highest BCUT2D eigenvalue weighted by molar-refractivity contribution is 7.85. The zero-order valence-electron chi connectivity index (χ0n) is 7.95. The van der Waals surface area contributed by atoms with Crippen LogP contribution in [0, 0.1) is 0 Å². The van der Waals surface area contributed by atoms with Crippen molar-refractivity contribution >= 4 is 10.8 Å². The third-order valence-corrected chi connectivity index (χ3v) is 3.29. The number of rotatable bonds is 4. The van der Waals surface area contributed by atoms with Crippen molar-refractivity contribution in [1.29, 1.82) is 0 Å². The maximum atomic E-state index is 11.5. The van der Waals surface area contributed by atoms with Crippen molar-refractivity contribution in [2.24, 2.45) is 0 Å². The molecule has 1 aromatic rings. The van der Waals surface area contributed by atoms with Gasteiger partial charge in [-0.2, -0.15) is 0 Å². The van der Waals surface area contributed by atoms with E-state index in [9.17, 15) is 4.21 Å². The Morgan fingerprint density at radius 2 is 1.92 bits per heavy atom. The molecule has 0 aliphatic heterocycles. The highest BCUT2D eigenvalue weighted by Crippen LogP contribution is 2.14. The molecular weight excluding hydrogens is 184 g/mol. The lowest BCUT2D eigenvalue weighted by Gasteiger charge is -2.02. The maximum absolute atomic E-state index is 11.5. The van der Waals surface area contributed by atoms with Gasteiger partial charge in [0.2, 0.25) is 0 Å². The Morgan fingerprint density at radius 1 is 1.31 bits per heavy atom. The molecule has 1 rings (SSSR count). The Hall–Kier alpha value is -0.830. The lowest BCUT2D eigenvalue weighted by molar-refractivity contribution is 0.414. The maximum Gasteiger partial charge on any atom is 0.118 e. The standard InChI is InChI=1S/C10H14O2S/c1-3-8-13(11)10-6-4-9(12-2)5-7-10/h4-7H,3,8H2,1-2H3. The van der Waals surface area contributed by atoms with Gasteiger partial charge in [-0.15, -0.1) is 0 Å². The van der Waals surface area contributed by atoms with Crippen LogP contribution in [0.25, 0.3) is 0 Å². The van der Waals surface area contributed by atoms with Crippen molar-refractivity contribution in [2.75, 3.05) is 12.9 Å². The van der Waals surface area contributed by atoms with E-state index in [1.165, 1.54) is 0 Å². The van der Waals surface area contributed by atoms with Crippen LogP contribution < -0.4 is 4.74 Å². The average Bonchev–Trinajstić information content (AvgIpc) is 2.18. The molecule has 1 atom stereocenters. The largest absolute Gasteiger partial charge is 0.497 e. The highest BCUT2D eigenvalue weighted by atomic mass is 32.2. The van der Waals surface area contributed by atoms with Crippen molar-refractivity contribution < 1.29 is 8.95 Å². The third kappa shape index (κ3) is 2.84. The molecule has 0 aliphatic carbocycles. The predicted molar refractivity (Wildman–Crippen MR) is 54.6 cm³/mol. The Labute approximate surface area is 81.4 Å². The summed E-state index contributed by atoms with van der Waals surface area (Å²) in [5, 5.41) is 0. The molecular formula is C10H14O2S. The third-order valence-electron chi connectivity index (χ3n) is 1.71. The fourth-order valence-corrected chi connectivity index (χ4v) is 2.08. The van der Waals surface area contributed by atoms with Crippen LogP contribution in [0.3, 0.4) is 0 Å². The van der Waals surface area contributed by atoms with E-state index < -0.39 is 10.8 Å². The summed E-state index contributed by atoms with van der Waals surface area (Å²) in [6.45, 7) is 2.03. The molecule has 2 nitrogen and oxygen atoms in total. The molecule has 0 aliphatic rings. The summed E-state index contributed by atoms with van der Waals surface area (Å²) in [5.74, 6) is 1.53. The summed E-state index contributed by atoms with van der Waals surface area (Å²) in [4.78, 5) is 0.877. The number of ether oxygens (including phenoxy) is 1. The molecule has 3 heteroatoms. The Bertz CT molecular complexity index is 279. The van der Waals surface area contributed by atoms with Crippen molar-refractivity contribution in [2.45, 2.75) is 18.2 Å². The highest BCUT2D eigenvalue weighted by Gasteiger charge is 2.01. The van der Waals surface area contributed by atoms with E-state index in [1.54, 1.807) is 7.11 Å². The number of hydrogen-bond acceptors (Lipinski definition) is 2. The Balaban J connectivity index is 2.74. The molecule has 0 fully saturated rings. The van der Waals surface area contributed by atoms with Crippen LogP contribution in [-0.4, -0.2) is 17.1 Å². The minimum Gasteiger partial charge on any atom is -0.497 e. The van der Waals surface area contributed by atoms with Crippen LogP contribution in [0.15, 0.2) is 29.2 Å². The van der Waals surface area contributed by atoms with Gasteiger partial charge < -0.3 is 4.74 Å². The van der Waals surface area contributed by atoms with Gasteiger partial charge in [0.05, 0.1) is 17.9 Å². The molecule has 0 N–H and O–H groups in total. The molecule has 1 unspecified atom stereocenters. The molecule has 0 radical (unpaired) electrons. The second-order valence-electron chi connectivity index (χ2n) is 2.73. The van der Waals surface area contributed by atoms with Gasteiger partial charge in [0.25, 0.3) is 0 Å². The zero-order chi connectivity index (χ0) is 9.68. The van der Waals surface area contributed by atoms with Crippen LogP contribution in [0.5, 0.6) is 5.75 Å². The minimum absolute atomic E-state index is 0.729. The normalized spacial score (nSPS) is 12.5. The molecule has 0 saturated carbocycles. The van der Waals surface area contributed by atoms with E-state index in [0.717, 1.165) is 22.8 Å². The van der Waals surface area contributed by atoms with E-state index in [-0.39, 0.29) is 0 Å². The summed E-state index contributed by atoms with van der Waals surface area (Å²) >= 11 is 0. The van der Waals surface area contributed by atoms with Gasteiger partial charge in [0.1, 0.15) is 5.75 Å². The van der Waals surface area contributed by atoms with E-state index in [4.69, 9.17) is 4.74 Å². The molecule has 0 heterocycles. The van der Waals surface area contributed by atoms with Crippen LogP contribution in [0.4, 0.5) is 0 Å². The molecule has 0 aromatic heterocycles. The van der Waals surface area contributed by atoms with Gasteiger partial charge >= 0.3 is 0 Å². The lowest BCUT2D eigenvalue weighted by Crippen LogP contribution is -1.96. The first-order chi connectivity index (χ1) is 6.27. The van der Waals surface area contributed by atoms with Crippen molar-refractivity contribution in [3.63, 3.8) is 0 Å². The molecule has 0 bridgehead atoms. The molecule has 13 heavy (non-hydrogen) atoms. The van der Waals surface area contributed by atoms with E-state index in [0.29, 0.717) is 0 Å². The first-order valence-electron chi connectivity index (χ1n) is 4.30. The lowest BCUT2D eigenvalue weighted by atomic mass is 10.3. The van der Waals surface area contributed by atoms with E-state index >= 15 is 0 Å². The second-order valence-corrected chi connectivity index (χ2v) is 4.30. The first-order valence-corrected chi connectivity index (χ1v) is 5.62. The van der Waals surface area contributed by atoms with Crippen molar-refractivity contribution in [3.8, 4) is 5.75 Å². The van der Waals surface area contributed by atoms with Gasteiger partial charge in [-0.05, 0) is 30.7 Å². The molecule has 72 valence electrons. The molecule has 0 spiro atoms. The number of benzene rings is 1. The predicted octanol–water partition coefficient (Wildman–Crippen LogP) is 2.21. The fraction of sp³-hybridized carbons (Fsp3) is 0.400. The first kappa shape index (κ1) is 10.3. The van der Waals surface area contributed by atoms with E-state index in [1.807, 2.05) is 31.2 Å². The van der Waals surface area contributed by atoms with Crippen LogP contribution >= 0.6 is 0 Å². The Morgan fingerprint density at radius 3 is 2.38 bits per heavy atom. The smallest absolute Gasteiger partial charge is 0.118 e. The van der Waals surface area contributed by atoms with Crippen LogP contribution in [-0.2, 0) is 10.8 Å². The van der Waals surface area contributed by atoms with Crippen molar-refractivity contribution in [1.82, 2.24) is 0 Å². The number of hydrogen-bond donors (Lipinski definition) is 0. The molecule has 1 aromatic carbocycles. The van der Waals surface area contributed by atoms with Gasteiger partial charge in [0, 0.05) is 10.6 Å². The average molecular weight is 198 g/mol. The SMILES string of the molecule is CCCS(=O)c1ccc(OC)cc1. The van der Waals surface area contributed by atoms with Crippen LogP contribution in [0.2, 0.25) is 0 Å². The Kier molecular flexibility index (Phi) is 3.96. The summed E-state index contributed by atoms with van der Waals surface area (Å²) in [6, 6.07) is 7.38. The monoisotopic (exact) mass is 198 g/mol.